The quantitative estimate of drug-likeness (QED) is 0.680. The van der Waals surface area contributed by atoms with Crippen LogP contribution in [0.5, 0.6) is 0 Å². The first-order chi connectivity index (χ1) is 14.6. The zero-order valence-corrected chi connectivity index (χ0v) is 16.6. The van der Waals surface area contributed by atoms with E-state index in [1.807, 2.05) is 35.2 Å². The van der Waals surface area contributed by atoms with E-state index >= 15 is 0 Å². The number of hydrogen-bond donors (Lipinski definition) is 2. The van der Waals surface area contributed by atoms with Crippen LogP contribution in [-0.2, 0) is 9.59 Å². The van der Waals surface area contributed by atoms with Gasteiger partial charge < -0.3 is 15.5 Å². The van der Waals surface area contributed by atoms with Gasteiger partial charge in [0.05, 0.1) is 30.2 Å². The number of carbonyl (C=O) groups excluding carboxylic acids is 3. The lowest BCUT2D eigenvalue weighted by Crippen LogP contribution is -2.34. The first kappa shape index (κ1) is 19.8. The number of nitrogens with zero attached hydrogens (tertiary/aromatic N) is 4. The highest BCUT2D eigenvalue weighted by Crippen LogP contribution is 2.32. The van der Waals surface area contributed by atoms with Crippen LogP contribution < -0.4 is 10.6 Å². The summed E-state index contributed by atoms with van der Waals surface area (Å²) < 4.78 is 0. The van der Waals surface area contributed by atoms with E-state index in [0.29, 0.717) is 19.4 Å². The molecule has 30 heavy (non-hydrogen) atoms. The predicted octanol–water partition coefficient (Wildman–Crippen LogP) is 2.22. The van der Waals surface area contributed by atoms with Gasteiger partial charge in [-0.15, -0.1) is 0 Å². The highest BCUT2D eigenvalue weighted by molar-refractivity contribution is 6.01. The molecule has 0 unspecified atom stereocenters. The second-order valence-electron chi connectivity index (χ2n) is 7.36. The molecule has 0 aliphatic carbocycles. The molecular weight excluding hydrogens is 384 g/mol. The molecule has 1 atom stereocenters. The van der Waals surface area contributed by atoms with Gasteiger partial charge in [-0.2, -0.15) is 0 Å². The Labute approximate surface area is 174 Å². The number of nitrogens with one attached hydrogen (secondary N) is 2. The van der Waals surface area contributed by atoms with Gasteiger partial charge in [-0.3, -0.25) is 19.5 Å². The summed E-state index contributed by atoms with van der Waals surface area (Å²) in [6.07, 6.45) is 6.03. The molecule has 0 radical (unpaired) electrons. The topological polar surface area (TPSA) is 108 Å². The Morgan fingerprint density at radius 3 is 2.80 bits per heavy atom. The zero-order chi connectivity index (χ0) is 20.9. The van der Waals surface area contributed by atoms with Crippen LogP contribution in [0.3, 0.4) is 0 Å². The number of hydrogen-bond acceptors (Lipinski definition) is 6. The molecule has 4 heterocycles. The summed E-state index contributed by atoms with van der Waals surface area (Å²) in [5.74, 6) is 0.534. The maximum Gasteiger partial charge on any atom is 0.324 e. The molecule has 2 fully saturated rings. The Morgan fingerprint density at radius 1 is 1.20 bits per heavy atom. The van der Waals surface area contributed by atoms with Crippen molar-refractivity contribution in [2.45, 2.75) is 31.7 Å². The number of aromatic nitrogens is 2. The maximum atomic E-state index is 12.7. The largest absolute Gasteiger partial charge is 0.339 e. The average molecular weight is 408 g/mol. The van der Waals surface area contributed by atoms with Gasteiger partial charge in [-0.25, -0.2) is 9.78 Å². The first-order valence-electron chi connectivity index (χ1n) is 10.1. The minimum atomic E-state index is -0.380. The standard InChI is InChI=1S/C21H24N6O3/c28-19(7-4-12-27-20(29)14-24-21(27)30)26-11-3-5-17(26)16-9-8-15(13-23-16)25-18-6-1-2-10-22-18/h1-2,6,8-10,13,17H,3-5,7,11-12,14H2,(H,22,25)(H,24,30)/t17-/m1/s1. The fraction of sp³-hybridized carbons (Fsp3) is 0.381. The number of carbonyl (C=O) groups is 3. The molecule has 0 aromatic carbocycles. The summed E-state index contributed by atoms with van der Waals surface area (Å²) in [4.78, 5) is 47.8. The second kappa shape index (κ2) is 8.89. The lowest BCUT2D eigenvalue weighted by molar-refractivity contribution is -0.133. The molecule has 2 aliphatic rings. The third kappa shape index (κ3) is 4.40. The lowest BCUT2D eigenvalue weighted by Gasteiger charge is -2.25. The summed E-state index contributed by atoms with van der Waals surface area (Å²) in [7, 11) is 0. The lowest BCUT2D eigenvalue weighted by atomic mass is 10.1. The molecule has 2 N–H and O–H groups in total. The van der Waals surface area contributed by atoms with E-state index in [4.69, 9.17) is 0 Å². The van der Waals surface area contributed by atoms with Crippen molar-refractivity contribution in [1.82, 2.24) is 25.1 Å². The number of imide groups is 1. The highest BCUT2D eigenvalue weighted by Gasteiger charge is 2.32. The van der Waals surface area contributed by atoms with E-state index in [1.54, 1.807) is 12.4 Å². The molecule has 2 saturated heterocycles. The van der Waals surface area contributed by atoms with Crippen molar-refractivity contribution >= 4 is 29.4 Å². The van der Waals surface area contributed by atoms with Gasteiger partial charge in [0, 0.05) is 25.7 Å². The fourth-order valence-electron chi connectivity index (χ4n) is 3.85. The molecule has 4 rings (SSSR count). The van der Waals surface area contributed by atoms with Gasteiger partial charge in [-0.1, -0.05) is 6.07 Å². The maximum absolute atomic E-state index is 12.7. The average Bonchev–Trinajstić information content (AvgIpc) is 3.37. The van der Waals surface area contributed by atoms with Crippen molar-refractivity contribution in [2.75, 3.05) is 25.0 Å². The molecule has 2 aromatic heterocycles. The number of pyridine rings is 2. The molecule has 0 saturated carbocycles. The van der Waals surface area contributed by atoms with Crippen molar-refractivity contribution in [1.29, 1.82) is 0 Å². The van der Waals surface area contributed by atoms with E-state index in [9.17, 15) is 14.4 Å². The van der Waals surface area contributed by atoms with E-state index in [1.165, 1.54) is 4.90 Å². The van der Waals surface area contributed by atoms with Gasteiger partial charge in [-0.05, 0) is 43.5 Å². The normalized spacial score (nSPS) is 18.6. The molecular formula is C21H24N6O3. The number of likely N-dealkylation sites (tertiary alicyclic amines) is 1. The number of anilines is 2. The van der Waals surface area contributed by atoms with Gasteiger partial charge in [0.2, 0.25) is 11.8 Å². The summed E-state index contributed by atoms with van der Waals surface area (Å²) in [5.41, 5.74) is 1.70. The Bertz CT molecular complexity index is 902. The second-order valence-corrected chi connectivity index (χ2v) is 7.36. The van der Waals surface area contributed by atoms with E-state index in [-0.39, 0.29) is 37.0 Å². The predicted molar refractivity (Wildman–Crippen MR) is 110 cm³/mol. The van der Waals surface area contributed by atoms with Crippen molar-refractivity contribution in [2.24, 2.45) is 0 Å². The van der Waals surface area contributed by atoms with Crippen LogP contribution >= 0.6 is 0 Å². The minimum absolute atomic E-state index is 0.0297. The van der Waals surface area contributed by atoms with Crippen LogP contribution in [0.4, 0.5) is 16.3 Å². The van der Waals surface area contributed by atoms with Crippen molar-refractivity contribution in [3.8, 4) is 0 Å². The fourth-order valence-corrected chi connectivity index (χ4v) is 3.85. The van der Waals surface area contributed by atoms with E-state index in [0.717, 1.165) is 30.0 Å². The summed E-state index contributed by atoms with van der Waals surface area (Å²) in [6, 6.07) is 9.10. The van der Waals surface area contributed by atoms with Gasteiger partial charge in [0.15, 0.2) is 0 Å². The van der Waals surface area contributed by atoms with E-state index < -0.39 is 0 Å². The van der Waals surface area contributed by atoms with Gasteiger partial charge in [0.25, 0.3) is 0 Å². The highest BCUT2D eigenvalue weighted by atomic mass is 16.2. The van der Waals surface area contributed by atoms with Crippen LogP contribution in [-0.4, -0.2) is 57.2 Å². The molecule has 2 aromatic rings. The van der Waals surface area contributed by atoms with Crippen molar-refractivity contribution in [3.63, 3.8) is 0 Å². The summed E-state index contributed by atoms with van der Waals surface area (Å²) in [5, 5.41) is 5.68. The molecule has 2 aliphatic heterocycles. The molecule has 0 spiro atoms. The molecule has 0 bridgehead atoms. The Morgan fingerprint density at radius 2 is 2.10 bits per heavy atom. The van der Waals surface area contributed by atoms with Crippen molar-refractivity contribution < 1.29 is 14.4 Å². The number of amides is 4. The third-order valence-electron chi connectivity index (χ3n) is 5.35. The van der Waals surface area contributed by atoms with E-state index in [2.05, 4.69) is 20.6 Å². The Balaban J connectivity index is 1.33. The van der Waals surface area contributed by atoms with Crippen LogP contribution in [0.1, 0.15) is 37.4 Å². The van der Waals surface area contributed by atoms with Crippen LogP contribution in [0.2, 0.25) is 0 Å². The summed E-state index contributed by atoms with van der Waals surface area (Å²) >= 11 is 0. The first-order valence-corrected chi connectivity index (χ1v) is 10.1. The van der Waals surface area contributed by atoms with Crippen molar-refractivity contribution in [3.05, 3.63) is 48.4 Å². The minimum Gasteiger partial charge on any atom is -0.339 e. The third-order valence-corrected chi connectivity index (χ3v) is 5.35. The van der Waals surface area contributed by atoms with Crippen LogP contribution in [0, 0.1) is 0 Å². The van der Waals surface area contributed by atoms with Crippen LogP contribution in [0.15, 0.2) is 42.7 Å². The SMILES string of the molecule is O=C1CNC(=O)N1CCCC(=O)N1CCC[C@@H]1c1ccc(Nc2ccccn2)cn1. The molecule has 9 heteroatoms. The zero-order valence-electron chi connectivity index (χ0n) is 16.6. The Hall–Kier alpha value is -3.49. The molecule has 9 nitrogen and oxygen atoms in total. The van der Waals surface area contributed by atoms with Gasteiger partial charge >= 0.3 is 6.03 Å². The smallest absolute Gasteiger partial charge is 0.324 e. The summed E-state index contributed by atoms with van der Waals surface area (Å²) in [6.45, 7) is 1.00. The van der Waals surface area contributed by atoms with Gasteiger partial charge in [0.1, 0.15) is 5.82 Å². The molecule has 156 valence electrons. The number of rotatable bonds is 7. The Kier molecular flexibility index (Phi) is 5.87. The monoisotopic (exact) mass is 408 g/mol. The number of urea groups is 1. The van der Waals surface area contributed by atoms with Crippen LogP contribution in [0.25, 0.3) is 0 Å². The molecule has 4 amide bonds.